The Morgan fingerprint density at radius 1 is 0.440 bits per heavy atom. The number of nitrogens with zero attached hydrogens (tertiary/aromatic N) is 4. The third-order valence-corrected chi connectivity index (χ3v) is 10.4. The van der Waals surface area contributed by atoms with Gasteiger partial charge in [0.25, 0.3) is 0 Å². The number of aromatic nitrogens is 3. The van der Waals surface area contributed by atoms with Crippen LogP contribution in [0.15, 0.2) is 158 Å². The smallest absolute Gasteiger partial charge is 0.164 e. The van der Waals surface area contributed by atoms with E-state index in [9.17, 15) is 0 Å². The van der Waals surface area contributed by atoms with Crippen molar-refractivity contribution in [2.45, 2.75) is 19.3 Å². The quantitative estimate of drug-likeness (QED) is 0.192. The summed E-state index contributed by atoms with van der Waals surface area (Å²) in [7, 11) is 0. The van der Waals surface area contributed by atoms with Crippen LogP contribution in [-0.2, 0) is 5.41 Å². The van der Waals surface area contributed by atoms with Crippen molar-refractivity contribution in [3.8, 4) is 56.4 Å². The van der Waals surface area contributed by atoms with Crippen LogP contribution >= 0.6 is 0 Å². The number of anilines is 3. The van der Waals surface area contributed by atoms with Crippen molar-refractivity contribution < 1.29 is 0 Å². The summed E-state index contributed by atoms with van der Waals surface area (Å²) in [6.07, 6.45) is 0. The lowest BCUT2D eigenvalue weighted by molar-refractivity contribution is 0.660. The molecule has 50 heavy (non-hydrogen) atoms. The van der Waals surface area contributed by atoms with E-state index in [0.29, 0.717) is 17.5 Å². The lowest BCUT2D eigenvalue weighted by Gasteiger charge is -2.36. The van der Waals surface area contributed by atoms with Gasteiger partial charge in [0.15, 0.2) is 17.5 Å². The molecule has 0 unspecified atom stereocenters. The molecule has 0 amide bonds. The van der Waals surface area contributed by atoms with E-state index in [4.69, 9.17) is 15.0 Å². The molecule has 236 valence electrons. The molecule has 7 aromatic carbocycles. The van der Waals surface area contributed by atoms with Gasteiger partial charge in [-0.1, -0.05) is 147 Å². The van der Waals surface area contributed by atoms with Gasteiger partial charge in [-0.15, -0.1) is 0 Å². The first-order valence-corrected chi connectivity index (χ1v) is 17.1. The molecule has 0 bridgehead atoms. The molecule has 0 N–H and O–H groups in total. The van der Waals surface area contributed by atoms with Gasteiger partial charge in [-0.2, -0.15) is 0 Å². The summed E-state index contributed by atoms with van der Waals surface area (Å²) < 4.78 is 0. The zero-order chi connectivity index (χ0) is 33.4. The molecular weight excluding hydrogens is 609 g/mol. The second-order valence-electron chi connectivity index (χ2n) is 13.6. The molecule has 4 heteroatoms. The van der Waals surface area contributed by atoms with Crippen LogP contribution in [0.1, 0.15) is 25.0 Å². The Bertz CT molecular complexity index is 2550. The summed E-state index contributed by atoms with van der Waals surface area (Å²) >= 11 is 0. The van der Waals surface area contributed by atoms with E-state index in [1.54, 1.807) is 0 Å². The Morgan fingerprint density at radius 3 is 1.72 bits per heavy atom. The summed E-state index contributed by atoms with van der Waals surface area (Å²) in [6, 6.07) is 55.8. The highest BCUT2D eigenvalue weighted by molar-refractivity contribution is 6.19. The average molecular weight is 641 g/mol. The van der Waals surface area contributed by atoms with Crippen LogP contribution in [-0.4, -0.2) is 15.0 Å². The SMILES string of the molecule is CC1(C)c2ccccc2-c2c1ccc1c2N(c2ccccc2)c2cccc3c(-c4nc(-c5ccccc5)nc(-c5ccccc5)n4)ccc-1c23. The first kappa shape index (κ1) is 28.6. The van der Waals surface area contributed by atoms with E-state index in [-0.39, 0.29) is 5.41 Å². The molecule has 1 aliphatic heterocycles. The number of hydrogen-bond acceptors (Lipinski definition) is 4. The summed E-state index contributed by atoms with van der Waals surface area (Å²) in [5, 5.41) is 2.30. The molecule has 1 aromatic heterocycles. The third-order valence-electron chi connectivity index (χ3n) is 10.4. The highest BCUT2D eigenvalue weighted by Gasteiger charge is 2.40. The summed E-state index contributed by atoms with van der Waals surface area (Å²) in [5.41, 5.74) is 14.1. The number of fused-ring (bicyclic) bond motifs is 6. The molecule has 0 saturated carbocycles. The number of benzene rings is 7. The fourth-order valence-corrected chi connectivity index (χ4v) is 8.11. The molecule has 8 aromatic rings. The minimum absolute atomic E-state index is 0.106. The van der Waals surface area contributed by atoms with Crippen LogP contribution in [0.5, 0.6) is 0 Å². The molecule has 0 atom stereocenters. The van der Waals surface area contributed by atoms with Gasteiger partial charge in [-0.25, -0.2) is 15.0 Å². The molecule has 10 rings (SSSR count). The maximum absolute atomic E-state index is 5.13. The highest BCUT2D eigenvalue weighted by atomic mass is 15.2. The van der Waals surface area contributed by atoms with Gasteiger partial charge in [0.1, 0.15) is 0 Å². The van der Waals surface area contributed by atoms with Crippen molar-refractivity contribution in [2.24, 2.45) is 0 Å². The number of rotatable bonds is 4. The van der Waals surface area contributed by atoms with E-state index < -0.39 is 0 Å². The Kier molecular flexibility index (Phi) is 6.19. The summed E-state index contributed by atoms with van der Waals surface area (Å²) in [4.78, 5) is 17.7. The Balaban J connectivity index is 1.27. The summed E-state index contributed by atoms with van der Waals surface area (Å²) in [5.74, 6) is 1.97. The van der Waals surface area contributed by atoms with Gasteiger partial charge in [0.05, 0.1) is 11.4 Å². The number of hydrogen-bond donors (Lipinski definition) is 0. The van der Waals surface area contributed by atoms with Crippen molar-refractivity contribution >= 4 is 27.8 Å². The first-order chi connectivity index (χ1) is 24.6. The van der Waals surface area contributed by atoms with Crippen LogP contribution in [0, 0.1) is 0 Å². The van der Waals surface area contributed by atoms with Gasteiger partial charge in [-0.05, 0) is 51.9 Å². The van der Waals surface area contributed by atoms with Crippen LogP contribution < -0.4 is 4.90 Å². The minimum atomic E-state index is -0.106. The second-order valence-corrected chi connectivity index (χ2v) is 13.6. The van der Waals surface area contributed by atoms with E-state index in [1.807, 2.05) is 36.4 Å². The van der Waals surface area contributed by atoms with Crippen molar-refractivity contribution in [1.29, 1.82) is 0 Å². The van der Waals surface area contributed by atoms with Gasteiger partial charge in [-0.3, -0.25) is 0 Å². The maximum Gasteiger partial charge on any atom is 0.164 e. The fraction of sp³-hybridized carbons (Fsp3) is 0.0652. The van der Waals surface area contributed by atoms with E-state index >= 15 is 0 Å². The van der Waals surface area contributed by atoms with Crippen LogP contribution in [0.4, 0.5) is 17.1 Å². The van der Waals surface area contributed by atoms with Crippen molar-refractivity contribution in [3.63, 3.8) is 0 Å². The normalized spacial score (nSPS) is 13.5. The monoisotopic (exact) mass is 640 g/mol. The molecule has 1 aliphatic carbocycles. The minimum Gasteiger partial charge on any atom is -0.309 e. The van der Waals surface area contributed by atoms with Gasteiger partial charge in [0, 0.05) is 44.3 Å². The fourth-order valence-electron chi connectivity index (χ4n) is 8.11. The van der Waals surface area contributed by atoms with Gasteiger partial charge in [0.2, 0.25) is 0 Å². The van der Waals surface area contributed by atoms with Gasteiger partial charge < -0.3 is 4.90 Å². The Morgan fingerprint density at radius 2 is 1.02 bits per heavy atom. The lowest BCUT2D eigenvalue weighted by Crippen LogP contribution is -2.18. The molecule has 2 heterocycles. The molecule has 0 radical (unpaired) electrons. The molecule has 0 fully saturated rings. The van der Waals surface area contributed by atoms with Gasteiger partial charge >= 0.3 is 0 Å². The predicted molar refractivity (Wildman–Crippen MR) is 205 cm³/mol. The Labute approximate surface area is 291 Å². The van der Waals surface area contributed by atoms with Crippen LogP contribution in [0.3, 0.4) is 0 Å². The van der Waals surface area contributed by atoms with Crippen molar-refractivity contribution in [1.82, 2.24) is 15.0 Å². The average Bonchev–Trinajstić information content (AvgIpc) is 3.42. The second kappa shape index (κ2) is 10.8. The third kappa shape index (κ3) is 4.15. The topological polar surface area (TPSA) is 41.9 Å². The summed E-state index contributed by atoms with van der Waals surface area (Å²) in [6.45, 7) is 4.70. The molecule has 4 nitrogen and oxygen atoms in total. The van der Waals surface area contributed by atoms with E-state index in [1.165, 1.54) is 44.5 Å². The number of para-hydroxylation sites is 1. The van der Waals surface area contributed by atoms with E-state index in [0.717, 1.165) is 33.5 Å². The first-order valence-electron chi connectivity index (χ1n) is 17.1. The molecule has 0 spiro atoms. The molecule has 0 saturated heterocycles. The molecular formula is C46H32N4. The highest BCUT2D eigenvalue weighted by Crippen LogP contribution is 2.60. The standard InChI is InChI=1S/C46H32N4/c1-46(2)37-23-13-12-21-36(37)41-38(46)28-27-34-33-25-26-35(32-22-14-24-39(40(32)33)50(42(34)41)31-19-10-5-11-20-31)45-48-43(29-15-6-3-7-16-29)47-44(49-45)30-17-8-4-9-18-30/h3-28H,1-2H3. The Hall–Kier alpha value is -6.39. The maximum atomic E-state index is 5.13. The van der Waals surface area contributed by atoms with Crippen molar-refractivity contribution in [2.75, 3.05) is 4.90 Å². The largest absolute Gasteiger partial charge is 0.309 e. The van der Waals surface area contributed by atoms with Crippen LogP contribution in [0.25, 0.3) is 67.2 Å². The zero-order valence-corrected chi connectivity index (χ0v) is 27.8. The van der Waals surface area contributed by atoms with E-state index in [2.05, 4.69) is 140 Å². The zero-order valence-electron chi connectivity index (χ0n) is 27.8. The molecule has 2 aliphatic rings. The van der Waals surface area contributed by atoms with Crippen molar-refractivity contribution in [3.05, 3.63) is 169 Å². The van der Waals surface area contributed by atoms with Crippen LogP contribution in [0.2, 0.25) is 0 Å². The predicted octanol–water partition coefficient (Wildman–Crippen LogP) is 11.8. The lowest BCUT2D eigenvalue weighted by atomic mass is 9.80.